The second-order valence-corrected chi connectivity index (χ2v) is 12.9. The molecule has 0 atom stereocenters. The molecule has 0 spiro atoms. The molecule has 0 saturated heterocycles. The van der Waals surface area contributed by atoms with Crippen molar-refractivity contribution in [3.05, 3.63) is 24.3 Å². The Morgan fingerprint density at radius 2 is 0.780 bits per heavy atom. The molecule has 1 heterocycles. The van der Waals surface area contributed by atoms with Crippen LogP contribution in [0.4, 0.5) is 0 Å². The van der Waals surface area contributed by atoms with E-state index in [9.17, 15) is 10.2 Å². The van der Waals surface area contributed by atoms with Crippen molar-refractivity contribution in [2.24, 2.45) is 0 Å². The van der Waals surface area contributed by atoms with E-state index in [1.54, 1.807) is 23.5 Å². The Bertz CT molecular complexity index is 1040. The van der Waals surface area contributed by atoms with Crippen LogP contribution in [0.2, 0.25) is 0 Å². The Labute approximate surface area is 253 Å². The zero-order valence-electron chi connectivity index (χ0n) is 26.0. The number of unbranched alkanes of at least 4 members (excludes halogenated alkanes) is 18. The molecule has 1 aromatic heterocycles. The van der Waals surface area contributed by atoms with Gasteiger partial charge in [-0.05, 0) is 25.0 Å². The standard InChI is InChI=1S/C36H56O4S/c1-3-5-7-9-11-13-15-17-19-21-23-39-33-27-35-29(25-31(33)37)30-26-32(38)34(28-36(30)41-35)40-24-22-20-18-16-14-12-10-8-6-4-2/h25-28,37-38H,3-24H2,1-2H3. The van der Waals surface area contributed by atoms with Crippen molar-refractivity contribution < 1.29 is 19.7 Å². The number of ether oxygens (including phenoxy) is 2. The summed E-state index contributed by atoms with van der Waals surface area (Å²) in [7, 11) is 0. The number of hydrogen-bond acceptors (Lipinski definition) is 5. The number of rotatable bonds is 24. The third kappa shape index (κ3) is 11.9. The second-order valence-electron chi connectivity index (χ2n) is 11.8. The van der Waals surface area contributed by atoms with Crippen molar-refractivity contribution in [3.63, 3.8) is 0 Å². The van der Waals surface area contributed by atoms with Crippen LogP contribution in [-0.4, -0.2) is 23.4 Å². The maximum Gasteiger partial charge on any atom is 0.162 e. The number of phenols is 2. The smallest absolute Gasteiger partial charge is 0.162 e. The molecular formula is C36H56O4S. The molecule has 41 heavy (non-hydrogen) atoms. The molecular weight excluding hydrogens is 528 g/mol. The molecule has 230 valence electrons. The van der Waals surface area contributed by atoms with Crippen LogP contribution in [0.1, 0.15) is 142 Å². The van der Waals surface area contributed by atoms with Crippen molar-refractivity contribution in [2.45, 2.75) is 142 Å². The summed E-state index contributed by atoms with van der Waals surface area (Å²) in [6, 6.07) is 7.41. The van der Waals surface area contributed by atoms with E-state index in [2.05, 4.69) is 13.8 Å². The Morgan fingerprint density at radius 1 is 0.463 bits per heavy atom. The zero-order valence-corrected chi connectivity index (χ0v) is 26.8. The highest BCUT2D eigenvalue weighted by Gasteiger charge is 2.14. The lowest BCUT2D eigenvalue weighted by Crippen LogP contribution is -1.97. The van der Waals surface area contributed by atoms with Gasteiger partial charge >= 0.3 is 0 Å². The first-order chi connectivity index (χ1) is 20.1. The normalized spacial score (nSPS) is 11.6. The molecule has 2 N–H and O–H groups in total. The Hall–Kier alpha value is -2.14. The molecule has 0 unspecified atom stereocenters. The largest absolute Gasteiger partial charge is 0.504 e. The minimum Gasteiger partial charge on any atom is -0.504 e. The van der Waals surface area contributed by atoms with Crippen LogP contribution >= 0.6 is 11.3 Å². The lowest BCUT2D eigenvalue weighted by atomic mass is 10.1. The second kappa shape index (κ2) is 19.9. The van der Waals surface area contributed by atoms with E-state index in [-0.39, 0.29) is 11.5 Å². The molecule has 3 aromatic rings. The van der Waals surface area contributed by atoms with E-state index in [0.717, 1.165) is 33.0 Å². The van der Waals surface area contributed by atoms with Gasteiger partial charge in [0.05, 0.1) is 13.2 Å². The third-order valence-electron chi connectivity index (χ3n) is 8.14. The zero-order chi connectivity index (χ0) is 29.1. The highest BCUT2D eigenvalue weighted by Crippen LogP contribution is 2.44. The van der Waals surface area contributed by atoms with Gasteiger partial charge in [-0.25, -0.2) is 0 Å². The van der Waals surface area contributed by atoms with E-state index >= 15 is 0 Å². The Morgan fingerprint density at radius 3 is 1.12 bits per heavy atom. The summed E-state index contributed by atoms with van der Waals surface area (Å²) in [6.45, 7) is 5.77. The van der Waals surface area contributed by atoms with Crippen molar-refractivity contribution in [1.82, 2.24) is 0 Å². The molecule has 0 radical (unpaired) electrons. The first-order valence-corrected chi connectivity index (χ1v) is 17.6. The predicted molar refractivity (Wildman–Crippen MR) is 177 cm³/mol. The van der Waals surface area contributed by atoms with Gasteiger partial charge in [-0.2, -0.15) is 0 Å². The van der Waals surface area contributed by atoms with Gasteiger partial charge in [0.15, 0.2) is 23.0 Å². The van der Waals surface area contributed by atoms with Crippen molar-refractivity contribution in [2.75, 3.05) is 13.2 Å². The quantitative estimate of drug-likeness (QED) is 0.103. The van der Waals surface area contributed by atoms with Gasteiger partial charge in [0.2, 0.25) is 0 Å². The lowest BCUT2D eigenvalue weighted by Gasteiger charge is -2.09. The number of thiophene rings is 1. The fourth-order valence-electron chi connectivity index (χ4n) is 5.58. The fraction of sp³-hybridized carbons (Fsp3) is 0.667. The monoisotopic (exact) mass is 584 g/mol. The summed E-state index contributed by atoms with van der Waals surface area (Å²) < 4.78 is 14.0. The number of benzene rings is 2. The van der Waals surface area contributed by atoms with Crippen LogP contribution < -0.4 is 9.47 Å². The predicted octanol–water partition coefficient (Wildman–Crippen LogP) is 12.1. The molecule has 2 aromatic carbocycles. The van der Waals surface area contributed by atoms with E-state index in [1.807, 2.05) is 12.1 Å². The van der Waals surface area contributed by atoms with E-state index in [4.69, 9.17) is 9.47 Å². The first-order valence-electron chi connectivity index (χ1n) is 16.8. The molecule has 0 aliphatic rings. The average Bonchev–Trinajstić information content (AvgIpc) is 3.30. The number of hydrogen-bond donors (Lipinski definition) is 2. The maximum absolute atomic E-state index is 10.6. The fourth-order valence-corrected chi connectivity index (χ4v) is 6.71. The Balaban J connectivity index is 1.39. The molecule has 0 aliphatic carbocycles. The molecule has 3 rings (SSSR count). The summed E-state index contributed by atoms with van der Waals surface area (Å²) in [4.78, 5) is 0. The van der Waals surface area contributed by atoms with Crippen LogP contribution in [-0.2, 0) is 0 Å². The average molecular weight is 585 g/mol. The lowest BCUT2D eigenvalue weighted by molar-refractivity contribution is 0.289. The van der Waals surface area contributed by atoms with E-state index in [1.165, 1.54) is 116 Å². The van der Waals surface area contributed by atoms with E-state index in [0.29, 0.717) is 24.7 Å². The van der Waals surface area contributed by atoms with Gasteiger partial charge in [0, 0.05) is 32.3 Å². The van der Waals surface area contributed by atoms with Crippen LogP contribution in [0.25, 0.3) is 20.2 Å². The van der Waals surface area contributed by atoms with Gasteiger partial charge in [-0.15, -0.1) is 11.3 Å². The molecule has 0 aliphatic heterocycles. The summed E-state index contributed by atoms with van der Waals surface area (Å²) in [6.07, 6.45) is 25.8. The molecule has 0 bridgehead atoms. The highest BCUT2D eigenvalue weighted by atomic mass is 32.1. The van der Waals surface area contributed by atoms with Crippen LogP contribution in [0, 0.1) is 0 Å². The van der Waals surface area contributed by atoms with Crippen LogP contribution in [0.15, 0.2) is 24.3 Å². The van der Waals surface area contributed by atoms with Crippen LogP contribution in [0.3, 0.4) is 0 Å². The van der Waals surface area contributed by atoms with Gasteiger partial charge in [0.25, 0.3) is 0 Å². The summed E-state index contributed by atoms with van der Waals surface area (Å²) in [5, 5.41) is 23.1. The van der Waals surface area contributed by atoms with Gasteiger partial charge < -0.3 is 19.7 Å². The molecule has 0 fully saturated rings. The number of fused-ring (bicyclic) bond motifs is 3. The van der Waals surface area contributed by atoms with Crippen molar-refractivity contribution in [3.8, 4) is 23.0 Å². The van der Waals surface area contributed by atoms with Gasteiger partial charge in [0.1, 0.15) is 0 Å². The maximum atomic E-state index is 10.6. The first kappa shape index (κ1) is 33.4. The number of aromatic hydroxyl groups is 2. The molecule has 4 nitrogen and oxygen atoms in total. The molecule has 0 saturated carbocycles. The minimum atomic E-state index is 0.157. The highest BCUT2D eigenvalue weighted by molar-refractivity contribution is 7.25. The Kier molecular flexibility index (Phi) is 16.2. The van der Waals surface area contributed by atoms with Gasteiger partial charge in [-0.1, -0.05) is 129 Å². The number of phenolic OH excluding ortho intramolecular Hbond substituents is 2. The molecule has 0 amide bonds. The summed E-state index contributed by atoms with van der Waals surface area (Å²) in [5.74, 6) is 1.40. The van der Waals surface area contributed by atoms with Crippen LogP contribution in [0.5, 0.6) is 23.0 Å². The SMILES string of the molecule is CCCCCCCCCCCCOc1cc2sc3cc(OCCCCCCCCCCCC)c(O)cc3c2cc1O. The van der Waals surface area contributed by atoms with E-state index < -0.39 is 0 Å². The van der Waals surface area contributed by atoms with Crippen molar-refractivity contribution in [1.29, 1.82) is 0 Å². The summed E-state index contributed by atoms with van der Waals surface area (Å²) in [5.41, 5.74) is 0. The third-order valence-corrected chi connectivity index (χ3v) is 9.26. The topological polar surface area (TPSA) is 58.9 Å². The minimum absolute atomic E-state index is 0.157. The summed E-state index contributed by atoms with van der Waals surface area (Å²) >= 11 is 1.64. The van der Waals surface area contributed by atoms with Crippen molar-refractivity contribution >= 4 is 31.5 Å². The molecule has 5 heteroatoms. The van der Waals surface area contributed by atoms with Gasteiger partial charge in [-0.3, -0.25) is 0 Å².